The molecule has 0 aliphatic heterocycles. The SMILES string of the molecule is CN(C)S(=O)(=O)c1ccc(F)c(N)c1. The van der Waals surface area contributed by atoms with E-state index in [9.17, 15) is 12.8 Å². The van der Waals surface area contributed by atoms with Crippen molar-refractivity contribution in [3.63, 3.8) is 0 Å². The zero-order chi connectivity index (χ0) is 10.9. The Labute approximate surface area is 82.2 Å². The van der Waals surface area contributed by atoms with Crippen LogP contribution in [0.25, 0.3) is 0 Å². The predicted octanol–water partition coefficient (Wildman–Crippen LogP) is 0.658. The molecule has 4 nitrogen and oxygen atoms in total. The highest BCUT2D eigenvalue weighted by atomic mass is 32.2. The van der Waals surface area contributed by atoms with Gasteiger partial charge in [0.2, 0.25) is 10.0 Å². The summed E-state index contributed by atoms with van der Waals surface area (Å²) in [6, 6.07) is 3.32. The molecule has 0 amide bonds. The maximum atomic E-state index is 12.8. The second kappa shape index (κ2) is 3.55. The van der Waals surface area contributed by atoms with Crippen molar-refractivity contribution in [2.24, 2.45) is 0 Å². The van der Waals surface area contributed by atoms with Crippen LogP contribution in [0, 0.1) is 5.82 Å². The third kappa shape index (κ3) is 1.85. The topological polar surface area (TPSA) is 63.4 Å². The summed E-state index contributed by atoms with van der Waals surface area (Å²) in [7, 11) is -0.734. The average molecular weight is 218 g/mol. The standard InChI is InChI=1S/C8H11FN2O2S/c1-11(2)14(12,13)6-3-4-7(9)8(10)5-6/h3-5H,10H2,1-2H3. The number of anilines is 1. The Morgan fingerprint density at radius 1 is 1.36 bits per heavy atom. The van der Waals surface area contributed by atoms with Crippen LogP contribution in [0.2, 0.25) is 0 Å². The van der Waals surface area contributed by atoms with Crippen molar-refractivity contribution < 1.29 is 12.8 Å². The highest BCUT2D eigenvalue weighted by Crippen LogP contribution is 2.18. The Morgan fingerprint density at radius 3 is 2.36 bits per heavy atom. The summed E-state index contributed by atoms with van der Waals surface area (Å²) in [4.78, 5) is -0.0126. The number of hydrogen-bond acceptors (Lipinski definition) is 3. The molecule has 1 aromatic rings. The normalized spacial score (nSPS) is 12.0. The number of sulfonamides is 1. The van der Waals surface area contributed by atoms with Gasteiger partial charge in [-0.3, -0.25) is 0 Å². The molecule has 0 atom stereocenters. The van der Waals surface area contributed by atoms with Gasteiger partial charge < -0.3 is 5.73 Å². The number of benzene rings is 1. The van der Waals surface area contributed by atoms with Gasteiger partial charge in [0.25, 0.3) is 0 Å². The molecule has 6 heteroatoms. The molecular weight excluding hydrogens is 207 g/mol. The van der Waals surface area contributed by atoms with E-state index in [2.05, 4.69) is 0 Å². The van der Waals surface area contributed by atoms with Crippen molar-refractivity contribution in [1.82, 2.24) is 4.31 Å². The second-order valence-corrected chi connectivity index (χ2v) is 5.12. The molecule has 0 radical (unpaired) electrons. The molecule has 1 rings (SSSR count). The van der Waals surface area contributed by atoms with E-state index in [4.69, 9.17) is 5.73 Å². The van der Waals surface area contributed by atoms with Gasteiger partial charge in [0, 0.05) is 14.1 Å². The Kier molecular flexibility index (Phi) is 2.77. The van der Waals surface area contributed by atoms with Crippen molar-refractivity contribution in [1.29, 1.82) is 0 Å². The molecule has 0 aliphatic rings. The van der Waals surface area contributed by atoms with Crippen molar-refractivity contribution in [2.45, 2.75) is 4.90 Å². The van der Waals surface area contributed by atoms with E-state index in [0.29, 0.717) is 0 Å². The van der Waals surface area contributed by atoms with Gasteiger partial charge in [-0.2, -0.15) is 0 Å². The number of nitrogen functional groups attached to an aromatic ring is 1. The van der Waals surface area contributed by atoms with Crippen LogP contribution in [0.4, 0.5) is 10.1 Å². The quantitative estimate of drug-likeness (QED) is 0.742. The smallest absolute Gasteiger partial charge is 0.242 e. The van der Waals surface area contributed by atoms with Crippen LogP contribution in [0.5, 0.6) is 0 Å². The van der Waals surface area contributed by atoms with Crippen LogP contribution in [0.3, 0.4) is 0 Å². The van der Waals surface area contributed by atoms with Crippen LogP contribution < -0.4 is 5.73 Å². The van der Waals surface area contributed by atoms with E-state index in [1.165, 1.54) is 20.2 Å². The third-order valence-electron chi connectivity index (χ3n) is 1.75. The van der Waals surface area contributed by atoms with Crippen molar-refractivity contribution in [2.75, 3.05) is 19.8 Å². The largest absolute Gasteiger partial charge is 0.396 e. The molecule has 0 bridgehead atoms. The first kappa shape index (κ1) is 10.9. The lowest BCUT2D eigenvalue weighted by Crippen LogP contribution is -2.22. The second-order valence-electron chi connectivity index (χ2n) is 2.97. The summed E-state index contributed by atoms with van der Waals surface area (Å²) < 4.78 is 36.9. The molecule has 78 valence electrons. The molecule has 0 heterocycles. The van der Waals surface area contributed by atoms with E-state index < -0.39 is 15.8 Å². The van der Waals surface area contributed by atoms with Gasteiger partial charge >= 0.3 is 0 Å². The van der Waals surface area contributed by atoms with Crippen LogP contribution in [0.15, 0.2) is 23.1 Å². The monoisotopic (exact) mass is 218 g/mol. The van der Waals surface area contributed by atoms with Crippen molar-refractivity contribution in [3.05, 3.63) is 24.0 Å². The van der Waals surface area contributed by atoms with E-state index in [1.807, 2.05) is 0 Å². The fraction of sp³-hybridized carbons (Fsp3) is 0.250. The van der Waals surface area contributed by atoms with Gasteiger partial charge in [-0.1, -0.05) is 0 Å². The highest BCUT2D eigenvalue weighted by Gasteiger charge is 2.17. The Balaban J connectivity index is 3.29. The first-order valence-corrected chi connectivity index (χ1v) is 5.27. The summed E-state index contributed by atoms with van der Waals surface area (Å²) >= 11 is 0. The molecule has 0 aromatic heterocycles. The fourth-order valence-electron chi connectivity index (χ4n) is 0.893. The van der Waals surface area contributed by atoms with Crippen LogP contribution >= 0.6 is 0 Å². The van der Waals surface area contributed by atoms with Crippen LogP contribution in [0.1, 0.15) is 0 Å². The number of nitrogens with two attached hydrogens (primary N) is 1. The Morgan fingerprint density at radius 2 is 1.93 bits per heavy atom. The Bertz CT molecular complexity index is 443. The van der Waals surface area contributed by atoms with Gasteiger partial charge in [-0.15, -0.1) is 0 Å². The van der Waals surface area contributed by atoms with E-state index >= 15 is 0 Å². The summed E-state index contributed by atoms with van der Waals surface area (Å²) in [5.41, 5.74) is 5.09. The van der Waals surface area contributed by atoms with Crippen molar-refractivity contribution in [3.8, 4) is 0 Å². The fourth-order valence-corrected chi connectivity index (χ4v) is 1.83. The summed E-state index contributed by atoms with van der Waals surface area (Å²) in [6.45, 7) is 0. The van der Waals surface area contributed by atoms with E-state index in [1.54, 1.807) is 0 Å². The van der Waals surface area contributed by atoms with E-state index in [-0.39, 0.29) is 10.6 Å². The number of rotatable bonds is 2. The average Bonchev–Trinajstić information content (AvgIpc) is 2.09. The van der Waals surface area contributed by atoms with E-state index in [0.717, 1.165) is 16.4 Å². The highest BCUT2D eigenvalue weighted by molar-refractivity contribution is 7.89. The number of nitrogens with zero attached hydrogens (tertiary/aromatic N) is 1. The molecule has 0 saturated carbocycles. The molecule has 0 fully saturated rings. The molecule has 0 unspecified atom stereocenters. The summed E-state index contributed by atoms with van der Waals surface area (Å²) in [6.07, 6.45) is 0. The Hall–Kier alpha value is -1.14. The maximum Gasteiger partial charge on any atom is 0.242 e. The van der Waals surface area contributed by atoms with Gasteiger partial charge in [0.05, 0.1) is 10.6 Å². The lowest BCUT2D eigenvalue weighted by Gasteiger charge is -2.11. The molecular formula is C8H11FN2O2S. The molecule has 0 aliphatic carbocycles. The summed E-state index contributed by atoms with van der Waals surface area (Å²) in [5.74, 6) is -0.622. The molecule has 1 aromatic carbocycles. The van der Waals surface area contributed by atoms with Crippen molar-refractivity contribution >= 4 is 15.7 Å². The first-order chi connectivity index (χ1) is 6.35. The minimum atomic E-state index is -3.53. The zero-order valence-corrected chi connectivity index (χ0v) is 8.68. The maximum absolute atomic E-state index is 12.8. The molecule has 0 saturated heterocycles. The lowest BCUT2D eigenvalue weighted by atomic mass is 10.3. The zero-order valence-electron chi connectivity index (χ0n) is 7.86. The van der Waals surface area contributed by atoms with Crippen LogP contribution in [-0.4, -0.2) is 26.8 Å². The molecule has 2 N–H and O–H groups in total. The minimum absolute atomic E-state index is 0.0126. The molecule has 0 spiro atoms. The summed E-state index contributed by atoms with van der Waals surface area (Å²) in [5, 5.41) is 0. The third-order valence-corrected chi connectivity index (χ3v) is 3.56. The van der Waals surface area contributed by atoms with Gasteiger partial charge in [0.15, 0.2) is 0 Å². The van der Waals surface area contributed by atoms with Crippen LogP contribution in [-0.2, 0) is 10.0 Å². The van der Waals surface area contributed by atoms with Gasteiger partial charge in [-0.05, 0) is 18.2 Å². The first-order valence-electron chi connectivity index (χ1n) is 3.83. The number of hydrogen-bond donors (Lipinski definition) is 1. The molecule has 14 heavy (non-hydrogen) atoms. The van der Waals surface area contributed by atoms with Gasteiger partial charge in [0.1, 0.15) is 5.82 Å². The minimum Gasteiger partial charge on any atom is -0.396 e. The lowest BCUT2D eigenvalue weighted by molar-refractivity contribution is 0.520. The number of halogens is 1. The van der Waals surface area contributed by atoms with Gasteiger partial charge in [-0.25, -0.2) is 17.1 Å². The predicted molar refractivity (Wildman–Crippen MR) is 51.7 cm³/mol.